The first-order valence-corrected chi connectivity index (χ1v) is 6.04. The number of hydrogen-bond acceptors (Lipinski definition) is 2. The first-order valence-electron chi connectivity index (χ1n) is 6.04. The van der Waals surface area contributed by atoms with Crippen molar-refractivity contribution >= 4 is 29.9 Å². The van der Waals surface area contributed by atoms with Crippen LogP contribution in [-0.2, 0) is 0 Å². The molecule has 0 bridgehead atoms. The van der Waals surface area contributed by atoms with Gasteiger partial charge in [-0.1, -0.05) is 0 Å². The van der Waals surface area contributed by atoms with Crippen molar-refractivity contribution in [1.82, 2.24) is 14.7 Å². The number of nitrogens with zero attached hydrogens (tertiary/aromatic N) is 4. The predicted molar refractivity (Wildman–Crippen MR) is 85.3 cm³/mol. The van der Waals surface area contributed by atoms with E-state index in [2.05, 4.69) is 33.7 Å². The molecule has 0 saturated heterocycles. The van der Waals surface area contributed by atoms with E-state index >= 15 is 0 Å². The zero-order valence-electron chi connectivity index (χ0n) is 12.0. The Labute approximate surface area is 123 Å². The van der Waals surface area contributed by atoms with Crippen LogP contribution in [0.25, 0.3) is 0 Å². The summed E-state index contributed by atoms with van der Waals surface area (Å²) in [7, 11) is 10.4. The highest BCUT2D eigenvalue weighted by Gasteiger charge is 2.28. The minimum atomic E-state index is 0. The number of likely N-dealkylation sites (N-methyl/N-ethyl adjacent to an activating group) is 1. The van der Waals surface area contributed by atoms with E-state index in [1.165, 1.54) is 12.8 Å². The van der Waals surface area contributed by atoms with E-state index in [0.29, 0.717) is 6.04 Å². The summed E-state index contributed by atoms with van der Waals surface area (Å²) in [4.78, 5) is 11.3. The summed E-state index contributed by atoms with van der Waals surface area (Å²) in [6, 6.07) is 1.34. The third kappa shape index (κ3) is 5.42. The quantitative estimate of drug-likeness (QED) is 0.435. The second-order valence-electron chi connectivity index (χ2n) is 5.18. The van der Waals surface area contributed by atoms with Crippen LogP contribution in [-0.4, -0.2) is 74.5 Å². The third-order valence-corrected chi connectivity index (χ3v) is 3.12. The second-order valence-corrected chi connectivity index (χ2v) is 5.18. The van der Waals surface area contributed by atoms with Crippen LogP contribution in [0.15, 0.2) is 4.99 Å². The van der Waals surface area contributed by atoms with Crippen LogP contribution in [0, 0.1) is 0 Å². The molecule has 0 aliphatic heterocycles. The van der Waals surface area contributed by atoms with Crippen LogP contribution in [0.2, 0.25) is 0 Å². The van der Waals surface area contributed by atoms with Gasteiger partial charge < -0.3 is 9.80 Å². The lowest BCUT2D eigenvalue weighted by Crippen LogP contribution is -2.38. The molecule has 1 atom stereocenters. The summed E-state index contributed by atoms with van der Waals surface area (Å²) >= 11 is 0. The largest absolute Gasteiger partial charge is 0.349 e. The molecule has 17 heavy (non-hydrogen) atoms. The molecule has 0 heterocycles. The van der Waals surface area contributed by atoms with Crippen molar-refractivity contribution in [3.05, 3.63) is 0 Å². The first kappa shape index (κ1) is 17.0. The molecule has 1 saturated carbocycles. The molecule has 0 aromatic rings. The highest BCUT2D eigenvalue weighted by molar-refractivity contribution is 14.0. The van der Waals surface area contributed by atoms with Gasteiger partial charge in [0.05, 0.1) is 6.54 Å². The van der Waals surface area contributed by atoms with Gasteiger partial charge in [-0.2, -0.15) is 0 Å². The van der Waals surface area contributed by atoms with Gasteiger partial charge in [-0.3, -0.25) is 9.89 Å². The minimum absolute atomic E-state index is 0. The molecule has 0 amide bonds. The van der Waals surface area contributed by atoms with Gasteiger partial charge >= 0.3 is 0 Å². The number of halogens is 1. The Morgan fingerprint density at radius 3 is 1.94 bits per heavy atom. The van der Waals surface area contributed by atoms with Crippen LogP contribution >= 0.6 is 24.0 Å². The van der Waals surface area contributed by atoms with E-state index in [-0.39, 0.29) is 24.0 Å². The SMILES string of the molecule is CC(CN=C(N(C)C)N(C)C)N(C)C1CC1.I. The molecule has 0 radical (unpaired) electrons. The number of aliphatic imine (C=N–C) groups is 1. The fourth-order valence-electron chi connectivity index (χ4n) is 1.87. The van der Waals surface area contributed by atoms with Crippen molar-refractivity contribution in [3.63, 3.8) is 0 Å². The Hall–Kier alpha value is -0.0400. The molecule has 1 aliphatic rings. The van der Waals surface area contributed by atoms with E-state index < -0.39 is 0 Å². The van der Waals surface area contributed by atoms with Crippen LogP contribution < -0.4 is 0 Å². The predicted octanol–water partition coefficient (Wildman–Crippen LogP) is 1.57. The molecule has 1 aliphatic carbocycles. The number of guanidine groups is 1. The van der Waals surface area contributed by atoms with Crippen LogP contribution in [0.5, 0.6) is 0 Å². The van der Waals surface area contributed by atoms with Gasteiger partial charge in [-0.25, -0.2) is 0 Å². The molecule has 0 aromatic carbocycles. The zero-order valence-corrected chi connectivity index (χ0v) is 14.3. The lowest BCUT2D eigenvalue weighted by molar-refractivity contribution is 0.252. The highest BCUT2D eigenvalue weighted by Crippen LogP contribution is 2.26. The van der Waals surface area contributed by atoms with Gasteiger partial charge in [0.1, 0.15) is 0 Å². The van der Waals surface area contributed by atoms with Gasteiger partial charge in [0.25, 0.3) is 0 Å². The van der Waals surface area contributed by atoms with Crippen molar-refractivity contribution in [3.8, 4) is 0 Å². The topological polar surface area (TPSA) is 22.1 Å². The lowest BCUT2D eigenvalue weighted by atomic mass is 10.3. The van der Waals surface area contributed by atoms with E-state index in [1.54, 1.807) is 0 Å². The standard InChI is InChI=1S/C12H26N4.HI/c1-10(16(6)11-7-8-11)9-13-12(14(2)3)15(4)5;/h10-11H,7-9H2,1-6H3;1H. The van der Waals surface area contributed by atoms with Crippen LogP contribution in [0.3, 0.4) is 0 Å². The Morgan fingerprint density at radius 1 is 1.12 bits per heavy atom. The normalized spacial score (nSPS) is 16.2. The molecular weight excluding hydrogens is 327 g/mol. The smallest absolute Gasteiger partial charge is 0.195 e. The molecule has 0 spiro atoms. The molecule has 1 rings (SSSR count). The van der Waals surface area contributed by atoms with Gasteiger partial charge in [0, 0.05) is 40.3 Å². The van der Waals surface area contributed by atoms with Crippen LogP contribution in [0.1, 0.15) is 19.8 Å². The van der Waals surface area contributed by atoms with E-state index in [1.807, 2.05) is 28.2 Å². The maximum atomic E-state index is 4.68. The Bertz CT molecular complexity index is 239. The highest BCUT2D eigenvalue weighted by atomic mass is 127. The van der Waals surface area contributed by atoms with Crippen molar-refractivity contribution in [2.45, 2.75) is 31.8 Å². The maximum Gasteiger partial charge on any atom is 0.195 e. The van der Waals surface area contributed by atoms with Crippen molar-refractivity contribution in [1.29, 1.82) is 0 Å². The summed E-state index contributed by atoms with van der Waals surface area (Å²) < 4.78 is 0. The average molecular weight is 354 g/mol. The molecule has 1 unspecified atom stereocenters. The average Bonchev–Trinajstić information content (AvgIpc) is 2.98. The number of rotatable bonds is 4. The molecule has 102 valence electrons. The molecule has 1 fully saturated rings. The minimum Gasteiger partial charge on any atom is -0.349 e. The Kier molecular flexibility index (Phi) is 7.39. The Balaban J connectivity index is 0.00000256. The number of hydrogen-bond donors (Lipinski definition) is 0. The fraction of sp³-hybridized carbons (Fsp3) is 0.917. The van der Waals surface area contributed by atoms with Crippen molar-refractivity contribution in [2.75, 3.05) is 41.8 Å². The van der Waals surface area contributed by atoms with E-state index in [0.717, 1.165) is 18.5 Å². The first-order chi connectivity index (χ1) is 7.43. The summed E-state index contributed by atoms with van der Waals surface area (Å²) in [5.41, 5.74) is 0. The molecule has 5 heteroatoms. The lowest BCUT2D eigenvalue weighted by Gasteiger charge is -2.26. The monoisotopic (exact) mass is 354 g/mol. The van der Waals surface area contributed by atoms with Crippen molar-refractivity contribution < 1.29 is 0 Å². The zero-order chi connectivity index (χ0) is 12.3. The second kappa shape index (κ2) is 7.41. The van der Waals surface area contributed by atoms with Gasteiger partial charge in [0.15, 0.2) is 5.96 Å². The van der Waals surface area contributed by atoms with Crippen molar-refractivity contribution in [2.24, 2.45) is 4.99 Å². The maximum absolute atomic E-state index is 4.68. The van der Waals surface area contributed by atoms with E-state index in [9.17, 15) is 0 Å². The van der Waals surface area contributed by atoms with Gasteiger partial charge in [-0.05, 0) is 26.8 Å². The summed E-state index contributed by atoms with van der Waals surface area (Å²) in [6.07, 6.45) is 2.72. The molecule has 0 aromatic heterocycles. The molecule has 0 N–H and O–H groups in total. The fourth-order valence-corrected chi connectivity index (χ4v) is 1.87. The molecular formula is C12H27IN4. The van der Waals surface area contributed by atoms with Gasteiger partial charge in [0.2, 0.25) is 0 Å². The van der Waals surface area contributed by atoms with E-state index in [4.69, 9.17) is 0 Å². The summed E-state index contributed by atoms with van der Waals surface area (Å²) in [5.74, 6) is 1.04. The molecule has 4 nitrogen and oxygen atoms in total. The van der Waals surface area contributed by atoms with Gasteiger partial charge in [-0.15, -0.1) is 24.0 Å². The summed E-state index contributed by atoms with van der Waals surface area (Å²) in [6.45, 7) is 3.13. The Morgan fingerprint density at radius 2 is 1.59 bits per heavy atom. The third-order valence-electron chi connectivity index (χ3n) is 3.12. The summed E-state index contributed by atoms with van der Waals surface area (Å²) in [5, 5.41) is 0. The van der Waals surface area contributed by atoms with Crippen LogP contribution in [0.4, 0.5) is 0 Å².